The van der Waals surface area contributed by atoms with Gasteiger partial charge in [0.2, 0.25) is 0 Å². The number of ether oxygens (including phenoxy) is 2. The summed E-state index contributed by atoms with van der Waals surface area (Å²) in [4.78, 5) is 51.4. The van der Waals surface area contributed by atoms with Gasteiger partial charge < -0.3 is 19.9 Å². The second-order valence-corrected chi connectivity index (χ2v) is 7.04. The molecule has 2 heterocycles. The van der Waals surface area contributed by atoms with E-state index in [0.717, 1.165) is 0 Å². The molecule has 1 aromatic heterocycles. The van der Waals surface area contributed by atoms with Gasteiger partial charge in [0.1, 0.15) is 11.9 Å². The van der Waals surface area contributed by atoms with Gasteiger partial charge in [-0.25, -0.2) is 4.79 Å². The third-order valence-electron chi connectivity index (χ3n) is 4.81. The summed E-state index contributed by atoms with van der Waals surface area (Å²) in [5, 5.41) is 11.3. The lowest BCUT2D eigenvalue weighted by atomic mass is 10.1. The molecule has 2 aromatic rings. The van der Waals surface area contributed by atoms with E-state index in [4.69, 9.17) is 14.6 Å². The van der Waals surface area contributed by atoms with Crippen LogP contribution in [0.25, 0.3) is 0 Å². The zero-order chi connectivity index (χ0) is 22.4. The lowest BCUT2D eigenvalue weighted by molar-refractivity contribution is -0.157. The van der Waals surface area contributed by atoms with E-state index >= 15 is 0 Å². The van der Waals surface area contributed by atoms with E-state index in [0.29, 0.717) is 18.4 Å². The van der Waals surface area contributed by atoms with Crippen LogP contribution >= 0.6 is 0 Å². The molecule has 1 fully saturated rings. The van der Waals surface area contributed by atoms with Gasteiger partial charge in [0.15, 0.2) is 6.23 Å². The first-order valence-electron chi connectivity index (χ1n) is 9.89. The van der Waals surface area contributed by atoms with Crippen LogP contribution in [0.2, 0.25) is 0 Å². The Morgan fingerprint density at radius 2 is 1.97 bits per heavy atom. The highest BCUT2D eigenvalue weighted by atomic mass is 16.6. The molecule has 164 valence electrons. The van der Waals surface area contributed by atoms with Crippen molar-refractivity contribution in [2.75, 3.05) is 5.32 Å². The summed E-state index contributed by atoms with van der Waals surface area (Å²) in [7, 11) is 0. The highest BCUT2D eigenvalue weighted by Gasteiger charge is 2.39. The number of esters is 1. The highest BCUT2D eigenvalue weighted by molar-refractivity contribution is 6.03. The van der Waals surface area contributed by atoms with Crippen molar-refractivity contribution in [3.8, 4) is 0 Å². The second-order valence-electron chi connectivity index (χ2n) is 7.04. The molecule has 0 unspecified atom stereocenters. The number of carbonyl (C=O) groups excluding carboxylic acids is 2. The summed E-state index contributed by atoms with van der Waals surface area (Å²) in [5.41, 5.74) is -0.258. The Bertz CT molecular complexity index is 1010. The number of amides is 1. The summed E-state index contributed by atoms with van der Waals surface area (Å²) in [6, 6.07) is 9.95. The predicted molar refractivity (Wildman–Crippen MR) is 108 cm³/mol. The number of anilines is 1. The molecule has 0 spiro atoms. The molecule has 0 saturated carbocycles. The highest BCUT2D eigenvalue weighted by Crippen LogP contribution is 2.32. The molecule has 0 aliphatic carbocycles. The summed E-state index contributed by atoms with van der Waals surface area (Å²) >= 11 is 0. The van der Waals surface area contributed by atoms with Gasteiger partial charge in [-0.05, 0) is 24.6 Å². The molecule has 1 aliphatic heterocycles. The Labute approximate surface area is 177 Å². The summed E-state index contributed by atoms with van der Waals surface area (Å²) < 4.78 is 12.4. The van der Waals surface area contributed by atoms with Crippen LogP contribution in [0.15, 0.2) is 47.4 Å². The van der Waals surface area contributed by atoms with E-state index in [-0.39, 0.29) is 24.8 Å². The fourth-order valence-corrected chi connectivity index (χ4v) is 3.22. The van der Waals surface area contributed by atoms with E-state index in [1.54, 1.807) is 30.3 Å². The SMILES string of the molecule is CC[C@@H]1C[C@H](OC(=O)CCC(=O)O)[C@H](n2ccc(NC(=O)c3ccccc3)nc2=O)O1. The predicted octanol–water partition coefficient (Wildman–Crippen LogP) is 1.97. The third kappa shape index (κ3) is 5.76. The quantitative estimate of drug-likeness (QED) is 0.608. The summed E-state index contributed by atoms with van der Waals surface area (Å²) in [6.45, 7) is 1.90. The number of hydrogen-bond acceptors (Lipinski definition) is 7. The minimum Gasteiger partial charge on any atom is -0.481 e. The number of aromatic nitrogens is 2. The molecule has 0 bridgehead atoms. The van der Waals surface area contributed by atoms with Gasteiger partial charge in [0.25, 0.3) is 5.91 Å². The first-order chi connectivity index (χ1) is 14.9. The molecular weight excluding hydrogens is 406 g/mol. The number of nitrogens with zero attached hydrogens (tertiary/aromatic N) is 2. The first kappa shape index (κ1) is 22.2. The number of carboxylic acids is 1. The summed E-state index contributed by atoms with van der Waals surface area (Å²) in [5.74, 6) is -2.10. The second kappa shape index (κ2) is 9.98. The fourth-order valence-electron chi connectivity index (χ4n) is 3.22. The minimum absolute atomic E-state index is 0.0788. The largest absolute Gasteiger partial charge is 0.481 e. The first-order valence-corrected chi connectivity index (χ1v) is 9.89. The maximum Gasteiger partial charge on any atom is 0.351 e. The van der Waals surface area contributed by atoms with Gasteiger partial charge in [0, 0.05) is 18.2 Å². The Balaban J connectivity index is 1.73. The van der Waals surface area contributed by atoms with Gasteiger partial charge in [-0.2, -0.15) is 4.98 Å². The average molecular weight is 429 g/mol. The number of aliphatic carboxylic acids is 1. The Morgan fingerprint density at radius 3 is 2.61 bits per heavy atom. The molecule has 2 N–H and O–H groups in total. The number of carboxylic acid groups (broad SMARTS) is 1. The zero-order valence-corrected chi connectivity index (χ0v) is 16.9. The number of carbonyl (C=O) groups is 3. The maximum atomic E-state index is 12.6. The smallest absolute Gasteiger partial charge is 0.351 e. The lowest BCUT2D eigenvalue weighted by Gasteiger charge is -2.21. The van der Waals surface area contributed by atoms with E-state index in [9.17, 15) is 19.2 Å². The topological polar surface area (TPSA) is 137 Å². The molecule has 3 atom stereocenters. The van der Waals surface area contributed by atoms with Crippen molar-refractivity contribution in [3.05, 3.63) is 58.6 Å². The van der Waals surface area contributed by atoms with Crippen molar-refractivity contribution in [2.45, 2.75) is 51.0 Å². The van der Waals surface area contributed by atoms with Crippen LogP contribution in [0, 0.1) is 0 Å². The average Bonchev–Trinajstić information content (AvgIpc) is 3.15. The summed E-state index contributed by atoms with van der Waals surface area (Å²) in [6.07, 6.45) is -0.0545. The van der Waals surface area contributed by atoms with E-state index in [1.165, 1.54) is 16.8 Å². The van der Waals surface area contributed by atoms with Crippen molar-refractivity contribution in [1.29, 1.82) is 0 Å². The van der Waals surface area contributed by atoms with Gasteiger partial charge in [-0.15, -0.1) is 0 Å². The Kier molecular flexibility index (Phi) is 7.14. The Morgan fingerprint density at radius 1 is 1.23 bits per heavy atom. The van der Waals surface area contributed by atoms with Crippen LogP contribution in [0.5, 0.6) is 0 Å². The van der Waals surface area contributed by atoms with Crippen molar-refractivity contribution in [1.82, 2.24) is 9.55 Å². The van der Waals surface area contributed by atoms with Crippen molar-refractivity contribution in [2.24, 2.45) is 0 Å². The zero-order valence-electron chi connectivity index (χ0n) is 16.9. The van der Waals surface area contributed by atoms with Gasteiger partial charge in [-0.1, -0.05) is 25.1 Å². The molecule has 10 heteroatoms. The monoisotopic (exact) mass is 429 g/mol. The van der Waals surface area contributed by atoms with Crippen molar-refractivity contribution < 1.29 is 29.0 Å². The molecular formula is C21H23N3O7. The molecule has 3 rings (SSSR count). The molecule has 1 aromatic carbocycles. The number of hydrogen-bond donors (Lipinski definition) is 2. The molecule has 0 radical (unpaired) electrons. The van der Waals surface area contributed by atoms with Crippen LogP contribution in [0.1, 0.15) is 49.2 Å². The van der Waals surface area contributed by atoms with Gasteiger partial charge in [0.05, 0.1) is 18.9 Å². The lowest BCUT2D eigenvalue weighted by Crippen LogP contribution is -2.34. The molecule has 1 saturated heterocycles. The molecule has 1 amide bonds. The third-order valence-corrected chi connectivity index (χ3v) is 4.81. The van der Waals surface area contributed by atoms with Gasteiger partial charge in [-0.3, -0.25) is 19.0 Å². The molecule has 1 aliphatic rings. The number of rotatable bonds is 8. The van der Waals surface area contributed by atoms with E-state index in [1.807, 2.05) is 6.92 Å². The van der Waals surface area contributed by atoms with E-state index in [2.05, 4.69) is 10.3 Å². The fraction of sp³-hybridized carbons (Fsp3) is 0.381. The van der Waals surface area contributed by atoms with Crippen molar-refractivity contribution in [3.63, 3.8) is 0 Å². The van der Waals surface area contributed by atoms with E-state index < -0.39 is 35.9 Å². The van der Waals surface area contributed by atoms with Crippen LogP contribution in [0.4, 0.5) is 5.82 Å². The minimum atomic E-state index is -1.10. The van der Waals surface area contributed by atoms with Crippen LogP contribution in [-0.4, -0.2) is 44.7 Å². The van der Waals surface area contributed by atoms with Crippen LogP contribution in [0.3, 0.4) is 0 Å². The Hall–Kier alpha value is -3.53. The van der Waals surface area contributed by atoms with Gasteiger partial charge >= 0.3 is 17.6 Å². The molecule has 10 nitrogen and oxygen atoms in total. The van der Waals surface area contributed by atoms with Crippen LogP contribution in [-0.2, 0) is 19.1 Å². The number of nitrogens with one attached hydrogen (secondary N) is 1. The van der Waals surface area contributed by atoms with Crippen LogP contribution < -0.4 is 11.0 Å². The number of benzene rings is 1. The van der Waals surface area contributed by atoms with Crippen molar-refractivity contribution >= 4 is 23.7 Å². The normalized spacial score (nSPS) is 20.2. The molecule has 31 heavy (non-hydrogen) atoms. The maximum absolute atomic E-state index is 12.6. The standard InChI is InChI=1S/C21H23N3O7/c1-2-14-12-15(31-18(27)9-8-17(25)26)20(30-14)24-11-10-16(23-21(24)29)22-19(28)13-6-4-3-5-7-13/h3-7,10-11,14-15,20H,2,8-9,12H2,1H3,(H,25,26)(H,22,23,28,29)/t14-,15+,20-/m1/s1.